The van der Waals surface area contributed by atoms with E-state index in [1.807, 2.05) is 20.8 Å². The number of benzene rings is 1. The van der Waals surface area contributed by atoms with Crippen LogP contribution in [0.1, 0.15) is 27.3 Å². The van der Waals surface area contributed by atoms with Gasteiger partial charge in [0, 0.05) is 10.0 Å². The van der Waals surface area contributed by atoms with Crippen LogP contribution in [-0.2, 0) is 0 Å². The van der Waals surface area contributed by atoms with Gasteiger partial charge in [0.1, 0.15) is 5.75 Å². The van der Waals surface area contributed by atoms with Crippen LogP contribution in [0.15, 0.2) is 10.7 Å². The first-order valence-electron chi connectivity index (χ1n) is 6.06. The predicted molar refractivity (Wildman–Crippen MR) is 81.0 cm³/mol. The van der Waals surface area contributed by atoms with E-state index in [-0.39, 0.29) is 5.82 Å². The molecule has 0 radical (unpaired) electrons. The Morgan fingerprint density at radius 2 is 1.95 bits per heavy atom. The smallest absolute Gasteiger partial charge is 0.284 e. The van der Waals surface area contributed by atoms with Crippen LogP contribution >= 0.6 is 15.9 Å². The van der Waals surface area contributed by atoms with Gasteiger partial charge in [0.25, 0.3) is 5.91 Å². The summed E-state index contributed by atoms with van der Waals surface area (Å²) in [7, 11) is 1.63. The van der Waals surface area contributed by atoms with E-state index >= 15 is 0 Å². The summed E-state index contributed by atoms with van der Waals surface area (Å²) >= 11 is 3.60. The molecule has 3 N–H and O–H groups in total. The zero-order valence-electron chi connectivity index (χ0n) is 11.8. The average Bonchev–Trinajstić information content (AvgIpc) is 2.89. The molecule has 0 aliphatic rings. The number of hydrogen-bond donors (Lipinski definition) is 2. The summed E-state index contributed by atoms with van der Waals surface area (Å²) in [5.41, 5.74) is 9.99. The van der Waals surface area contributed by atoms with Crippen molar-refractivity contribution in [2.45, 2.75) is 20.8 Å². The maximum absolute atomic E-state index is 11.2. The number of rotatable bonds is 3. The molecule has 1 amide bonds. The van der Waals surface area contributed by atoms with Crippen LogP contribution in [0.2, 0.25) is 0 Å². The first-order chi connectivity index (χ1) is 9.38. The van der Waals surface area contributed by atoms with Gasteiger partial charge in [0.15, 0.2) is 5.82 Å². The van der Waals surface area contributed by atoms with Gasteiger partial charge in [-0.25, -0.2) is 4.98 Å². The second-order valence-corrected chi connectivity index (χ2v) is 5.40. The maximum Gasteiger partial charge on any atom is 0.284 e. The Labute approximate surface area is 125 Å². The number of primary amides is 1. The van der Waals surface area contributed by atoms with E-state index < -0.39 is 5.91 Å². The molecule has 1 aromatic heterocycles. The molecule has 0 saturated heterocycles. The highest BCUT2D eigenvalue weighted by atomic mass is 79.9. The number of aromatic amines is 1. The summed E-state index contributed by atoms with van der Waals surface area (Å²) in [6.07, 6.45) is 1.59. The zero-order chi connectivity index (χ0) is 15.0. The Bertz CT molecular complexity index is 692. The lowest BCUT2D eigenvalue weighted by Gasteiger charge is -2.17. The Hall–Kier alpha value is -1.82. The van der Waals surface area contributed by atoms with Crippen molar-refractivity contribution in [3.05, 3.63) is 33.2 Å². The quantitative estimate of drug-likeness (QED) is 0.903. The molecule has 1 aromatic carbocycles. The SMILES string of the molecule is COc1c(C)c(C)c(Br)c(C)c1-c1cnc(C(N)=O)[nH]1. The van der Waals surface area contributed by atoms with E-state index in [1.54, 1.807) is 13.3 Å². The van der Waals surface area contributed by atoms with Crippen molar-refractivity contribution >= 4 is 21.8 Å². The lowest BCUT2D eigenvalue weighted by molar-refractivity contribution is 0.0991. The van der Waals surface area contributed by atoms with Gasteiger partial charge in [0.05, 0.1) is 19.0 Å². The topological polar surface area (TPSA) is 81.0 Å². The lowest BCUT2D eigenvalue weighted by Crippen LogP contribution is -2.12. The Morgan fingerprint density at radius 3 is 2.45 bits per heavy atom. The summed E-state index contributed by atoms with van der Waals surface area (Å²) in [4.78, 5) is 18.1. The second-order valence-electron chi connectivity index (χ2n) is 4.61. The van der Waals surface area contributed by atoms with Crippen LogP contribution in [0.25, 0.3) is 11.3 Å². The van der Waals surface area contributed by atoms with Gasteiger partial charge in [0.2, 0.25) is 0 Å². The van der Waals surface area contributed by atoms with Gasteiger partial charge in [-0.05, 0) is 37.5 Å². The number of carbonyl (C=O) groups is 1. The number of methoxy groups -OCH3 is 1. The molecule has 106 valence electrons. The maximum atomic E-state index is 11.2. The fraction of sp³-hybridized carbons (Fsp3) is 0.286. The van der Waals surface area contributed by atoms with Crippen molar-refractivity contribution in [1.82, 2.24) is 9.97 Å². The number of carbonyl (C=O) groups excluding carboxylic acids is 1. The summed E-state index contributed by atoms with van der Waals surface area (Å²) in [5, 5.41) is 0. The zero-order valence-corrected chi connectivity index (χ0v) is 13.4. The monoisotopic (exact) mass is 337 g/mol. The molecule has 0 unspecified atom stereocenters. The average molecular weight is 338 g/mol. The van der Waals surface area contributed by atoms with Crippen molar-refractivity contribution in [2.24, 2.45) is 5.73 Å². The third-order valence-electron chi connectivity index (χ3n) is 3.45. The Morgan fingerprint density at radius 1 is 1.30 bits per heavy atom. The van der Waals surface area contributed by atoms with E-state index in [2.05, 4.69) is 25.9 Å². The third-order valence-corrected chi connectivity index (χ3v) is 4.64. The Balaban J connectivity index is 2.75. The van der Waals surface area contributed by atoms with Gasteiger partial charge in [-0.15, -0.1) is 0 Å². The highest BCUT2D eigenvalue weighted by molar-refractivity contribution is 9.10. The molecule has 0 saturated carbocycles. The minimum absolute atomic E-state index is 0.135. The fourth-order valence-electron chi connectivity index (χ4n) is 2.24. The van der Waals surface area contributed by atoms with E-state index in [1.165, 1.54) is 0 Å². The number of ether oxygens (including phenoxy) is 1. The molecule has 2 aromatic rings. The normalized spacial score (nSPS) is 10.7. The standard InChI is InChI=1S/C14H16BrN3O2/c1-6-7(2)12(20-4)10(8(3)11(6)15)9-5-17-14(18-9)13(16)19/h5H,1-4H3,(H2,16,19)(H,17,18). The molecule has 0 bridgehead atoms. The number of halogens is 1. The lowest BCUT2D eigenvalue weighted by atomic mass is 9.97. The minimum Gasteiger partial charge on any atom is -0.496 e. The fourth-order valence-corrected chi connectivity index (χ4v) is 2.73. The third kappa shape index (κ3) is 2.20. The number of nitrogens with one attached hydrogen (secondary N) is 1. The van der Waals surface area contributed by atoms with Gasteiger partial charge >= 0.3 is 0 Å². The molecule has 6 heteroatoms. The van der Waals surface area contributed by atoms with Crippen LogP contribution in [0.3, 0.4) is 0 Å². The molecule has 0 spiro atoms. The molecule has 1 heterocycles. The van der Waals surface area contributed by atoms with Crippen molar-refractivity contribution in [2.75, 3.05) is 7.11 Å². The molecular formula is C14H16BrN3O2. The predicted octanol–water partition coefficient (Wildman–Crippen LogP) is 2.87. The minimum atomic E-state index is -0.587. The van der Waals surface area contributed by atoms with Crippen LogP contribution in [0, 0.1) is 20.8 Å². The molecule has 2 rings (SSSR count). The second kappa shape index (κ2) is 5.28. The molecular weight excluding hydrogens is 322 g/mol. The molecule has 0 fully saturated rings. The molecule has 0 aliphatic carbocycles. The van der Waals surface area contributed by atoms with E-state index in [4.69, 9.17) is 10.5 Å². The Kier molecular flexibility index (Phi) is 3.85. The summed E-state index contributed by atoms with van der Waals surface area (Å²) in [6.45, 7) is 6.01. The molecule has 0 atom stereocenters. The molecule has 20 heavy (non-hydrogen) atoms. The summed E-state index contributed by atoms with van der Waals surface area (Å²) < 4.78 is 6.55. The van der Waals surface area contributed by atoms with Crippen LogP contribution in [0.4, 0.5) is 0 Å². The van der Waals surface area contributed by atoms with E-state index in [0.29, 0.717) is 5.69 Å². The van der Waals surface area contributed by atoms with Gasteiger partial charge in [-0.3, -0.25) is 4.79 Å². The number of hydrogen-bond acceptors (Lipinski definition) is 3. The van der Waals surface area contributed by atoms with Gasteiger partial charge in [-0.1, -0.05) is 15.9 Å². The highest BCUT2D eigenvalue weighted by Gasteiger charge is 2.20. The largest absolute Gasteiger partial charge is 0.496 e. The number of nitrogens with zero attached hydrogens (tertiary/aromatic N) is 1. The highest BCUT2D eigenvalue weighted by Crippen LogP contribution is 2.41. The number of imidazole rings is 1. The number of H-pyrrole nitrogens is 1. The van der Waals surface area contributed by atoms with E-state index in [0.717, 1.165) is 32.5 Å². The van der Waals surface area contributed by atoms with Crippen molar-refractivity contribution < 1.29 is 9.53 Å². The van der Waals surface area contributed by atoms with Crippen LogP contribution in [0.5, 0.6) is 5.75 Å². The number of nitrogens with two attached hydrogens (primary N) is 1. The van der Waals surface area contributed by atoms with Gasteiger partial charge in [-0.2, -0.15) is 0 Å². The van der Waals surface area contributed by atoms with Crippen molar-refractivity contribution in [1.29, 1.82) is 0 Å². The molecule has 0 aliphatic heterocycles. The number of aromatic nitrogens is 2. The number of amides is 1. The van der Waals surface area contributed by atoms with Crippen LogP contribution in [-0.4, -0.2) is 23.0 Å². The first kappa shape index (κ1) is 14.6. The summed E-state index contributed by atoms with van der Waals surface area (Å²) in [6, 6.07) is 0. The summed E-state index contributed by atoms with van der Waals surface area (Å²) in [5.74, 6) is 0.314. The van der Waals surface area contributed by atoms with Gasteiger partial charge < -0.3 is 15.5 Å². The van der Waals surface area contributed by atoms with Crippen LogP contribution < -0.4 is 10.5 Å². The van der Waals surface area contributed by atoms with Crippen molar-refractivity contribution in [3.63, 3.8) is 0 Å². The van der Waals surface area contributed by atoms with E-state index in [9.17, 15) is 4.79 Å². The van der Waals surface area contributed by atoms with Crippen molar-refractivity contribution in [3.8, 4) is 17.0 Å². The first-order valence-corrected chi connectivity index (χ1v) is 6.86. The molecule has 5 nitrogen and oxygen atoms in total.